The van der Waals surface area contributed by atoms with E-state index in [0.717, 1.165) is 0 Å². The lowest BCUT2D eigenvalue weighted by molar-refractivity contribution is -0.137. The average molecular weight is 366 g/mol. The minimum atomic E-state index is -1.65. The highest BCUT2D eigenvalue weighted by atomic mass is 127. The molecule has 0 aliphatic rings. The van der Waals surface area contributed by atoms with Crippen molar-refractivity contribution < 1.29 is 27.6 Å². The number of aliphatic carboxylic acids is 2. The van der Waals surface area contributed by atoms with Gasteiger partial charge in [0.1, 0.15) is 5.75 Å². The summed E-state index contributed by atoms with van der Waals surface area (Å²) in [4.78, 5) is 21.4. The van der Waals surface area contributed by atoms with Crippen LogP contribution in [-0.4, -0.2) is 29.3 Å². The summed E-state index contributed by atoms with van der Waals surface area (Å²) in [6, 6.07) is 2.96. The molecule has 0 aliphatic carbocycles. The zero-order valence-electron chi connectivity index (χ0n) is 9.47. The van der Waals surface area contributed by atoms with E-state index in [2.05, 4.69) is 0 Å². The molecule has 7 heteroatoms. The third-order valence-corrected chi connectivity index (χ3v) is 4.02. The summed E-state index contributed by atoms with van der Waals surface area (Å²) in [6.07, 6.45) is -0.609. The van der Waals surface area contributed by atoms with Crippen LogP contribution in [0.25, 0.3) is 0 Å². The highest BCUT2D eigenvalue weighted by Gasteiger charge is 2.16. The molecule has 0 aromatic heterocycles. The van der Waals surface area contributed by atoms with Crippen molar-refractivity contribution in [3.8, 4) is 5.75 Å². The van der Waals surface area contributed by atoms with Gasteiger partial charge < -0.3 is 14.9 Å². The van der Waals surface area contributed by atoms with Crippen LogP contribution in [0, 0.1) is 3.57 Å². The van der Waals surface area contributed by atoms with Crippen LogP contribution in [0.1, 0.15) is 11.1 Å². The fourth-order valence-electron chi connectivity index (χ4n) is 1.52. The number of carboxylic acids is 2. The van der Waals surface area contributed by atoms with Gasteiger partial charge in [-0.1, -0.05) is 0 Å². The van der Waals surface area contributed by atoms with Crippen molar-refractivity contribution in [2.45, 2.75) is 12.8 Å². The minimum absolute atomic E-state index is 0.304. The molecule has 0 unspecified atom stereocenters. The number of benzene rings is 1. The molecule has 0 saturated heterocycles. The second-order valence-corrected chi connectivity index (χ2v) is 5.00. The van der Waals surface area contributed by atoms with Crippen LogP contribution in [0.5, 0.6) is 5.75 Å². The second kappa shape index (κ2) is 6.43. The van der Waals surface area contributed by atoms with Gasteiger partial charge in [-0.15, -0.1) is 0 Å². The Morgan fingerprint density at radius 1 is 1.17 bits per heavy atom. The Kier molecular flexibility index (Phi) is 5.20. The summed E-state index contributed by atoms with van der Waals surface area (Å²) in [5.74, 6) is -1.77. The Morgan fingerprint density at radius 2 is 1.61 bits per heavy atom. The zero-order chi connectivity index (χ0) is 13.7. The van der Waals surface area contributed by atoms with E-state index in [-0.39, 0.29) is 12.8 Å². The minimum Gasteiger partial charge on any atom is -0.497 e. The van der Waals surface area contributed by atoms with Crippen molar-refractivity contribution in [3.05, 3.63) is 26.8 Å². The maximum atomic E-state index is 11.2. The van der Waals surface area contributed by atoms with Gasteiger partial charge in [0.25, 0.3) is 0 Å². The molecule has 98 valence electrons. The van der Waals surface area contributed by atoms with E-state index < -0.39 is 33.1 Å². The number of ether oxygens (including phenoxy) is 1. The van der Waals surface area contributed by atoms with Crippen molar-refractivity contribution in [3.63, 3.8) is 0 Å². The number of methoxy groups -OCH3 is 1. The highest BCUT2D eigenvalue weighted by molar-refractivity contribution is 14.1. The number of hydrogen-bond acceptors (Lipinski definition) is 4. The van der Waals surface area contributed by atoms with Gasteiger partial charge in [0.15, 0.2) is 21.2 Å². The van der Waals surface area contributed by atoms with E-state index in [1.54, 1.807) is 0 Å². The standard InChI is InChI=1S/C11H11IO6/c1-18-8-2-6(4-9(13)14)11(12-17)7(3-8)5-10(15)16/h2-3H,4-5H2,1H3,(H,13,14)(H,15,16). The summed E-state index contributed by atoms with van der Waals surface area (Å²) in [5, 5.41) is 17.6. The van der Waals surface area contributed by atoms with E-state index >= 15 is 0 Å². The number of hydrogen-bond donors (Lipinski definition) is 2. The predicted octanol–water partition coefficient (Wildman–Crippen LogP) is 1.44. The lowest BCUT2D eigenvalue weighted by Crippen LogP contribution is -2.08. The fourth-order valence-corrected chi connectivity index (χ4v) is 2.78. The number of halogens is 1. The van der Waals surface area contributed by atoms with E-state index in [1.165, 1.54) is 19.2 Å². The lowest BCUT2D eigenvalue weighted by atomic mass is 10.1. The van der Waals surface area contributed by atoms with Crippen LogP contribution in [0.2, 0.25) is 0 Å². The van der Waals surface area contributed by atoms with Crippen LogP contribution in [0.3, 0.4) is 0 Å². The molecule has 0 spiro atoms. The topological polar surface area (TPSA) is 101 Å². The van der Waals surface area contributed by atoms with Crippen molar-refractivity contribution in [2.24, 2.45) is 0 Å². The molecule has 1 rings (SSSR count). The molecule has 0 aliphatic heterocycles. The third-order valence-electron chi connectivity index (χ3n) is 2.19. The first-order valence-corrected chi connectivity index (χ1v) is 6.84. The first-order chi connectivity index (χ1) is 8.47. The monoisotopic (exact) mass is 366 g/mol. The largest absolute Gasteiger partial charge is 0.497 e. The molecular formula is C11H11IO6. The SMILES string of the molecule is COc1cc(CC(=O)O)c(I=O)c(CC(=O)O)c1. The normalized spacial score (nSPS) is 10.1. The van der Waals surface area contributed by atoms with Crippen molar-refractivity contribution in [1.29, 1.82) is 0 Å². The Bertz CT molecular complexity index is 459. The van der Waals surface area contributed by atoms with Crippen molar-refractivity contribution >= 4 is 33.1 Å². The molecule has 0 amide bonds. The molecule has 1 aromatic carbocycles. The van der Waals surface area contributed by atoms with Crippen molar-refractivity contribution in [1.82, 2.24) is 0 Å². The number of carboxylic acid groups (broad SMARTS) is 2. The molecule has 6 nitrogen and oxygen atoms in total. The Labute approximate surface area is 113 Å². The molecule has 18 heavy (non-hydrogen) atoms. The predicted molar refractivity (Wildman–Crippen MR) is 69.1 cm³/mol. The Balaban J connectivity index is 3.33. The molecule has 0 heterocycles. The molecule has 0 bridgehead atoms. The summed E-state index contributed by atoms with van der Waals surface area (Å²) in [5.41, 5.74) is 0.696. The molecule has 0 fully saturated rings. The molecule has 0 radical (unpaired) electrons. The third kappa shape index (κ3) is 3.76. The Hall–Kier alpha value is -1.51. The van der Waals surface area contributed by atoms with Gasteiger partial charge in [-0.05, 0) is 23.3 Å². The van der Waals surface area contributed by atoms with Crippen LogP contribution >= 0.6 is 21.2 Å². The summed E-state index contributed by atoms with van der Waals surface area (Å²) in [6.45, 7) is 0. The summed E-state index contributed by atoms with van der Waals surface area (Å²) in [7, 11) is 1.40. The fraction of sp³-hybridized carbons (Fsp3) is 0.273. The number of rotatable bonds is 6. The van der Waals surface area contributed by atoms with E-state index in [1.807, 2.05) is 0 Å². The van der Waals surface area contributed by atoms with Gasteiger partial charge >= 0.3 is 11.9 Å². The van der Waals surface area contributed by atoms with E-state index in [9.17, 15) is 12.7 Å². The van der Waals surface area contributed by atoms with Gasteiger partial charge in [-0.3, -0.25) is 12.7 Å². The zero-order valence-corrected chi connectivity index (χ0v) is 11.6. The summed E-state index contributed by atoms with van der Waals surface area (Å²) < 4.78 is 16.5. The molecule has 0 saturated carbocycles. The van der Waals surface area contributed by atoms with Crippen LogP contribution in [0.4, 0.5) is 0 Å². The molecule has 2 N–H and O–H groups in total. The first kappa shape index (κ1) is 14.6. The van der Waals surface area contributed by atoms with Gasteiger partial charge in [0.2, 0.25) is 0 Å². The molecule has 1 aromatic rings. The lowest BCUT2D eigenvalue weighted by Gasteiger charge is -2.10. The molecule has 0 atom stereocenters. The van der Waals surface area contributed by atoms with Crippen LogP contribution in [-0.2, 0) is 25.5 Å². The van der Waals surface area contributed by atoms with Crippen LogP contribution < -0.4 is 4.74 Å². The highest BCUT2D eigenvalue weighted by Crippen LogP contribution is 2.27. The number of carbonyl (C=O) groups is 2. The van der Waals surface area contributed by atoms with Gasteiger partial charge in [0, 0.05) is 0 Å². The smallest absolute Gasteiger partial charge is 0.307 e. The maximum Gasteiger partial charge on any atom is 0.307 e. The quantitative estimate of drug-likeness (QED) is 0.739. The van der Waals surface area contributed by atoms with E-state index in [4.69, 9.17) is 14.9 Å². The second-order valence-electron chi connectivity index (χ2n) is 3.48. The maximum absolute atomic E-state index is 11.2. The van der Waals surface area contributed by atoms with E-state index in [0.29, 0.717) is 20.4 Å². The van der Waals surface area contributed by atoms with Gasteiger partial charge in [-0.2, -0.15) is 0 Å². The van der Waals surface area contributed by atoms with Gasteiger partial charge in [-0.25, -0.2) is 0 Å². The van der Waals surface area contributed by atoms with Gasteiger partial charge in [0.05, 0.1) is 23.5 Å². The Morgan fingerprint density at radius 3 is 1.89 bits per heavy atom. The molecular weight excluding hydrogens is 355 g/mol. The average Bonchev–Trinajstić information content (AvgIpc) is 2.27. The first-order valence-electron chi connectivity index (χ1n) is 4.88. The van der Waals surface area contributed by atoms with Crippen molar-refractivity contribution in [2.75, 3.05) is 7.11 Å². The summed E-state index contributed by atoms with van der Waals surface area (Å²) >= 11 is -1.65. The van der Waals surface area contributed by atoms with Crippen LogP contribution in [0.15, 0.2) is 12.1 Å².